The molecule has 66 heavy (non-hydrogen) atoms. The lowest BCUT2D eigenvalue weighted by molar-refractivity contribution is 1.09. The molecule has 0 aliphatic rings. The van der Waals surface area contributed by atoms with E-state index in [1.54, 1.807) is 0 Å². The van der Waals surface area contributed by atoms with Crippen LogP contribution in [0.5, 0.6) is 0 Å². The van der Waals surface area contributed by atoms with E-state index in [1.165, 1.54) is 81.9 Å². The van der Waals surface area contributed by atoms with Gasteiger partial charge in [-0.15, -0.1) is 0 Å². The molecule has 3 heterocycles. The molecule has 14 aromatic rings. The van der Waals surface area contributed by atoms with Gasteiger partial charge in [0.1, 0.15) is 5.82 Å². The summed E-state index contributed by atoms with van der Waals surface area (Å²) in [5.41, 5.74) is 17.2. The Morgan fingerprint density at radius 2 is 0.561 bits per heavy atom. The Labute approximate surface area is 381 Å². The van der Waals surface area contributed by atoms with E-state index in [1.807, 2.05) is 0 Å². The minimum atomic E-state index is 0.885. The number of hydrogen-bond donors (Lipinski definition) is 0. The maximum absolute atomic E-state index is 5.56. The van der Waals surface area contributed by atoms with Crippen LogP contribution in [0.1, 0.15) is 0 Å². The van der Waals surface area contributed by atoms with Crippen molar-refractivity contribution in [2.24, 2.45) is 0 Å². The first kappa shape index (κ1) is 36.7. The summed E-state index contributed by atoms with van der Waals surface area (Å²) < 4.78 is 4.90. The first-order chi connectivity index (χ1) is 32.7. The van der Waals surface area contributed by atoms with Crippen LogP contribution in [0.2, 0.25) is 0 Å². The molecule has 0 saturated heterocycles. The number of aromatic nitrogens is 3. The largest absolute Gasteiger partial charge is 0.309 e. The van der Waals surface area contributed by atoms with Crippen molar-refractivity contribution in [2.75, 3.05) is 0 Å². The van der Waals surface area contributed by atoms with Gasteiger partial charge in [0.15, 0.2) is 0 Å². The average molecular weight is 838 g/mol. The fourth-order valence-corrected chi connectivity index (χ4v) is 10.7. The van der Waals surface area contributed by atoms with Crippen LogP contribution in [0.15, 0.2) is 237 Å². The molecule has 11 aromatic carbocycles. The SMILES string of the molecule is c1ccc(-c2cc(-c3ccccc3)nc(-n3c4cc(-c5ccccc5)cc5ccc6cc(-c7cc8ccc9cc(-c%10ccccc%10)cc%10c9c8c(c7)n%10-c7ccccc7)cc3c6c54)c2)cc1. The summed E-state index contributed by atoms with van der Waals surface area (Å²) in [6, 6.07) is 86.4. The minimum absolute atomic E-state index is 0.885. The molecule has 306 valence electrons. The highest BCUT2D eigenvalue weighted by atomic mass is 15.1. The van der Waals surface area contributed by atoms with Crippen LogP contribution in [-0.2, 0) is 0 Å². The summed E-state index contributed by atoms with van der Waals surface area (Å²) in [6.45, 7) is 0. The molecule has 14 rings (SSSR count). The molecule has 0 spiro atoms. The molecule has 0 aliphatic heterocycles. The number of pyridine rings is 1. The maximum atomic E-state index is 5.56. The summed E-state index contributed by atoms with van der Waals surface area (Å²) in [6.07, 6.45) is 0. The van der Waals surface area contributed by atoms with E-state index in [0.717, 1.165) is 50.5 Å². The van der Waals surface area contributed by atoms with Gasteiger partial charge in [0.2, 0.25) is 0 Å². The van der Waals surface area contributed by atoms with Gasteiger partial charge >= 0.3 is 0 Å². The molecule has 0 fully saturated rings. The molecule has 0 amide bonds. The molecular formula is C63H39N3. The molecule has 0 N–H and O–H groups in total. The van der Waals surface area contributed by atoms with Gasteiger partial charge in [0, 0.05) is 32.8 Å². The van der Waals surface area contributed by atoms with E-state index >= 15 is 0 Å². The summed E-state index contributed by atoms with van der Waals surface area (Å²) in [4.78, 5) is 5.56. The van der Waals surface area contributed by atoms with Gasteiger partial charge in [-0.1, -0.05) is 164 Å². The Bertz CT molecular complexity index is 4060. The van der Waals surface area contributed by atoms with E-state index in [0.29, 0.717) is 0 Å². The lowest BCUT2D eigenvalue weighted by atomic mass is 9.93. The van der Waals surface area contributed by atoms with E-state index in [9.17, 15) is 0 Å². The number of hydrogen-bond acceptors (Lipinski definition) is 1. The Morgan fingerprint density at radius 1 is 0.242 bits per heavy atom. The first-order valence-corrected chi connectivity index (χ1v) is 22.7. The summed E-state index contributed by atoms with van der Waals surface area (Å²) in [7, 11) is 0. The second-order valence-corrected chi connectivity index (χ2v) is 17.6. The van der Waals surface area contributed by atoms with Crippen LogP contribution in [0.25, 0.3) is 132 Å². The standard InChI is InChI=1S/C63H39N3/c1-6-16-40(17-7-1)48-30-44-26-28-46-32-50(37-56-61(46)60(44)55(35-48)65(56)53-24-14-5-15-25-53)51-33-47-29-27-45-31-49(41-18-8-2-9-19-41)36-57-62(45)63(47)58(38-51)66(57)59-39-52(42-20-10-3-11-21-42)34-54(64-59)43-22-12-4-13-23-43/h1-39H. The number of benzene rings is 11. The summed E-state index contributed by atoms with van der Waals surface area (Å²) in [5.74, 6) is 0.885. The predicted molar refractivity (Wildman–Crippen MR) is 277 cm³/mol. The molecule has 0 aliphatic carbocycles. The van der Waals surface area contributed by atoms with Crippen LogP contribution in [0.3, 0.4) is 0 Å². The van der Waals surface area contributed by atoms with Gasteiger partial charge in [0.25, 0.3) is 0 Å². The quantitative estimate of drug-likeness (QED) is 0.147. The maximum Gasteiger partial charge on any atom is 0.138 e. The van der Waals surface area contributed by atoms with Crippen LogP contribution >= 0.6 is 0 Å². The van der Waals surface area contributed by atoms with Crippen molar-refractivity contribution < 1.29 is 0 Å². The van der Waals surface area contributed by atoms with Crippen molar-refractivity contribution in [3.05, 3.63) is 237 Å². The van der Waals surface area contributed by atoms with Crippen LogP contribution in [0.4, 0.5) is 0 Å². The Kier molecular flexibility index (Phi) is 7.98. The van der Waals surface area contributed by atoms with Gasteiger partial charge in [-0.2, -0.15) is 0 Å². The number of rotatable bonds is 7. The Hall–Kier alpha value is -8.79. The first-order valence-electron chi connectivity index (χ1n) is 22.7. The molecule has 3 aromatic heterocycles. The second-order valence-electron chi connectivity index (χ2n) is 17.6. The predicted octanol–water partition coefficient (Wildman–Crippen LogP) is 16.8. The third-order valence-electron chi connectivity index (χ3n) is 13.7. The molecule has 0 radical (unpaired) electrons. The van der Waals surface area contributed by atoms with E-state index in [-0.39, 0.29) is 0 Å². The fourth-order valence-electron chi connectivity index (χ4n) is 10.7. The normalized spacial score (nSPS) is 11.9. The van der Waals surface area contributed by atoms with Crippen LogP contribution in [-0.4, -0.2) is 14.1 Å². The fraction of sp³-hybridized carbons (Fsp3) is 0. The minimum Gasteiger partial charge on any atom is -0.309 e. The molecule has 0 unspecified atom stereocenters. The van der Waals surface area contributed by atoms with E-state index in [4.69, 9.17) is 4.98 Å². The smallest absolute Gasteiger partial charge is 0.138 e. The van der Waals surface area contributed by atoms with Crippen LogP contribution < -0.4 is 0 Å². The highest BCUT2D eigenvalue weighted by Crippen LogP contribution is 2.46. The molecule has 3 heteroatoms. The average Bonchev–Trinajstić information content (AvgIpc) is 3.91. The van der Waals surface area contributed by atoms with Gasteiger partial charge in [-0.05, 0) is 139 Å². The van der Waals surface area contributed by atoms with Crippen molar-refractivity contribution in [3.8, 4) is 67.3 Å². The molecular weight excluding hydrogens is 799 g/mol. The number of nitrogens with zero attached hydrogens (tertiary/aromatic N) is 3. The van der Waals surface area contributed by atoms with Crippen molar-refractivity contribution in [2.45, 2.75) is 0 Å². The Balaban J connectivity index is 1.07. The summed E-state index contributed by atoms with van der Waals surface area (Å²) in [5, 5.41) is 9.98. The Morgan fingerprint density at radius 3 is 0.955 bits per heavy atom. The van der Waals surface area contributed by atoms with Gasteiger partial charge in [0.05, 0.1) is 27.8 Å². The van der Waals surface area contributed by atoms with E-state index < -0.39 is 0 Å². The zero-order valence-electron chi connectivity index (χ0n) is 35.9. The molecule has 0 saturated carbocycles. The lowest BCUT2D eigenvalue weighted by Crippen LogP contribution is -2.00. The van der Waals surface area contributed by atoms with Crippen molar-refractivity contribution in [1.29, 1.82) is 0 Å². The van der Waals surface area contributed by atoms with Gasteiger partial charge in [-0.3, -0.25) is 4.57 Å². The highest BCUT2D eigenvalue weighted by molar-refractivity contribution is 6.27. The van der Waals surface area contributed by atoms with Gasteiger partial charge < -0.3 is 4.57 Å². The molecule has 0 bridgehead atoms. The zero-order valence-corrected chi connectivity index (χ0v) is 35.9. The third kappa shape index (κ3) is 5.67. The summed E-state index contributed by atoms with van der Waals surface area (Å²) >= 11 is 0. The molecule has 0 atom stereocenters. The highest BCUT2D eigenvalue weighted by Gasteiger charge is 2.23. The lowest BCUT2D eigenvalue weighted by Gasteiger charge is -2.14. The second kappa shape index (κ2) is 14.4. The monoisotopic (exact) mass is 837 g/mol. The molecule has 3 nitrogen and oxygen atoms in total. The topological polar surface area (TPSA) is 22.8 Å². The number of para-hydroxylation sites is 1. The van der Waals surface area contributed by atoms with Crippen molar-refractivity contribution in [3.63, 3.8) is 0 Å². The van der Waals surface area contributed by atoms with E-state index in [2.05, 4.69) is 246 Å². The van der Waals surface area contributed by atoms with Crippen molar-refractivity contribution >= 4 is 65.2 Å². The van der Waals surface area contributed by atoms with Crippen molar-refractivity contribution in [1.82, 2.24) is 14.1 Å². The zero-order chi connectivity index (χ0) is 43.3. The van der Waals surface area contributed by atoms with Crippen LogP contribution in [0, 0.1) is 0 Å². The third-order valence-corrected chi connectivity index (χ3v) is 13.7. The van der Waals surface area contributed by atoms with Gasteiger partial charge in [-0.25, -0.2) is 4.98 Å².